The number of rotatable bonds is 7. The molecule has 0 radical (unpaired) electrons. The zero-order chi connectivity index (χ0) is 11.8. The summed E-state index contributed by atoms with van der Waals surface area (Å²) in [7, 11) is 1.74. The van der Waals surface area contributed by atoms with Crippen molar-refractivity contribution < 1.29 is 4.74 Å². The van der Waals surface area contributed by atoms with Crippen LogP contribution < -0.4 is 11.1 Å². The zero-order valence-corrected chi connectivity index (χ0v) is 10.3. The first-order chi connectivity index (χ1) is 7.74. The molecule has 0 aromatic heterocycles. The third-order valence-corrected chi connectivity index (χ3v) is 2.55. The molecule has 0 bridgehead atoms. The first-order valence-corrected chi connectivity index (χ1v) is 5.83. The summed E-state index contributed by atoms with van der Waals surface area (Å²) in [5.74, 6) is 0. The van der Waals surface area contributed by atoms with Crippen LogP contribution in [-0.2, 0) is 4.74 Å². The standard InChI is InChI=1S/C13H22N2O/c1-11-6-7-12(14)13(10-11)15-8-4-3-5-9-16-2/h6-7,10,15H,3-5,8-9,14H2,1-2H3. The van der Waals surface area contributed by atoms with Gasteiger partial charge in [-0.1, -0.05) is 6.07 Å². The van der Waals surface area contributed by atoms with Crippen LogP contribution in [0.2, 0.25) is 0 Å². The van der Waals surface area contributed by atoms with Crippen LogP contribution in [0.5, 0.6) is 0 Å². The Kier molecular flexibility index (Phi) is 5.72. The Morgan fingerprint density at radius 1 is 1.25 bits per heavy atom. The molecule has 1 aromatic rings. The van der Waals surface area contributed by atoms with Crippen LogP contribution in [0.3, 0.4) is 0 Å². The Morgan fingerprint density at radius 2 is 2.06 bits per heavy atom. The topological polar surface area (TPSA) is 47.3 Å². The van der Waals surface area contributed by atoms with E-state index in [1.807, 2.05) is 12.1 Å². The molecule has 3 N–H and O–H groups in total. The van der Waals surface area contributed by atoms with Crippen molar-refractivity contribution in [1.29, 1.82) is 0 Å². The quantitative estimate of drug-likeness (QED) is 0.551. The number of anilines is 2. The number of nitrogens with two attached hydrogens (primary N) is 1. The Balaban J connectivity index is 2.23. The molecule has 0 spiro atoms. The van der Waals surface area contributed by atoms with Crippen molar-refractivity contribution in [3.05, 3.63) is 23.8 Å². The van der Waals surface area contributed by atoms with Crippen LogP contribution in [0, 0.1) is 6.92 Å². The van der Waals surface area contributed by atoms with Crippen molar-refractivity contribution in [2.75, 3.05) is 31.3 Å². The Labute approximate surface area is 98.0 Å². The van der Waals surface area contributed by atoms with E-state index in [-0.39, 0.29) is 0 Å². The number of methoxy groups -OCH3 is 1. The third-order valence-electron chi connectivity index (χ3n) is 2.55. The van der Waals surface area contributed by atoms with E-state index in [0.29, 0.717) is 0 Å². The van der Waals surface area contributed by atoms with Gasteiger partial charge >= 0.3 is 0 Å². The molecule has 0 fully saturated rings. The smallest absolute Gasteiger partial charge is 0.0576 e. The van der Waals surface area contributed by atoms with Gasteiger partial charge in [-0.25, -0.2) is 0 Å². The van der Waals surface area contributed by atoms with Gasteiger partial charge in [0.25, 0.3) is 0 Å². The summed E-state index contributed by atoms with van der Waals surface area (Å²) in [5, 5.41) is 3.36. The van der Waals surface area contributed by atoms with Crippen molar-refractivity contribution in [2.45, 2.75) is 26.2 Å². The first-order valence-electron chi connectivity index (χ1n) is 5.83. The molecule has 0 aliphatic heterocycles. The summed E-state index contributed by atoms with van der Waals surface area (Å²) < 4.78 is 5.00. The summed E-state index contributed by atoms with van der Waals surface area (Å²) in [5.41, 5.74) is 8.97. The van der Waals surface area contributed by atoms with E-state index in [4.69, 9.17) is 10.5 Å². The molecule has 90 valence electrons. The van der Waals surface area contributed by atoms with Gasteiger partial charge in [-0.15, -0.1) is 0 Å². The summed E-state index contributed by atoms with van der Waals surface area (Å²) in [6.07, 6.45) is 3.46. The largest absolute Gasteiger partial charge is 0.397 e. The molecule has 0 saturated heterocycles. The fraction of sp³-hybridized carbons (Fsp3) is 0.538. The summed E-state index contributed by atoms with van der Waals surface area (Å²) >= 11 is 0. The van der Waals surface area contributed by atoms with Crippen LogP contribution in [0.25, 0.3) is 0 Å². The molecular formula is C13H22N2O. The molecule has 16 heavy (non-hydrogen) atoms. The maximum atomic E-state index is 5.87. The van der Waals surface area contributed by atoms with Gasteiger partial charge in [0.05, 0.1) is 11.4 Å². The lowest BCUT2D eigenvalue weighted by molar-refractivity contribution is 0.192. The van der Waals surface area contributed by atoms with E-state index in [1.54, 1.807) is 7.11 Å². The lowest BCUT2D eigenvalue weighted by Gasteiger charge is -2.09. The Morgan fingerprint density at radius 3 is 2.81 bits per heavy atom. The van der Waals surface area contributed by atoms with Gasteiger partial charge in [0.2, 0.25) is 0 Å². The highest BCUT2D eigenvalue weighted by Gasteiger charge is 1.98. The number of benzene rings is 1. The van der Waals surface area contributed by atoms with E-state index in [0.717, 1.165) is 37.4 Å². The van der Waals surface area contributed by atoms with E-state index in [1.165, 1.54) is 12.0 Å². The summed E-state index contributed by atoms with van der Waals surface area (Å²) in [6, 6.07) is 6.06. The van der Waals surface area contributed by atoms with Gasteiger partial charge in [0, 0.05) is 20.3 Å². The second-order valence-electron chi connectivity index (χ2n) is 4.07. The lowest BCUT2D eigenvalue weighted by Crippen LogP contribution is -2.04. The number of aryl methyl sites for hydroxylation is 1. The SMILES string of the molecule is COCCCCCNc1cc(C)ccc1N. The van der Waals surface area contributed by atoms with Crippen LogP contribution in [0.15, 0.2) is 18.2 Å². The molecule has 0 heterocycles. The van der Waals surface area contributed by atoms with Crippen molar-refractivity contribution in [3.8, 4) is 0 Å². The summed E-state index contributed by atoms with van der Waals surface area (Å²) in [6.45, 7) is 3.90. The number of nitrogen functional groups attached to an aromatic ring is 1. The van der Waals surface area contributed by atoms with Gasteiger partial charge in [-0.3, -0.25) is 0 Å². The fourth-order valence-corrected chi connectivity index (χ4v) is 1.59. The summed E-state index contributed by atoms with van der Waals surface area (Å²) in [4.78, 5) is 0. The van der Waals surface area contributed by atoms with Gasteiger partial charge in [0.1, 0.15) is 0 Å². The minimum atomic E-state index is 0.822. The number of unbranched alkanes of at least 4 members (excludes halogenated alkanes) is 2. The number of hydrogen-bond acceptors (Lipinski definition) is 3. The molecule has 0 aliphatic rings. The Hall–Kier alpha value is -1.22. The average Bonchev–Trinajstić information content (AvgIpc) is 2.28. The van der Waals surface area contributed by atoms with Gasteiger partial charge in [-0.2, -0.15) is 0 Å². The van der Waals surface area contributed by atoms with Crippen molar-refractivity contribution >= 4 is 11.4 Å². The van der Waals surface area contributed by atoms with Gasteiger partial charge in [-0.05, 0) is 43.9 Å². The molecule has 0 atom stereocenters. The molecule has 0 aliphatic carbocycles. The van der Waals surface area contributed by atoms with Gasteiger partial charge in [0.15, 0.2) is 0 Å². The molecule has 1 aromatic carbocycles. The monoisotopic (exact) mass is 222 g/mol. The highest BCUT2D eigenvalue weighted by atomic mass is 16.5. The predicted molar refractivity (Wildman–Crippen MR) is 69.8 cm³/mol. The maximum absolute atomic E-state index is 5.87. The fourth-order valence-electron chi connectivity index (χ4n) is 1.59. The van der Waals surface area contributed by atoms with Crippen molar-refractivity contribution in [1.82, 2.24) is 0 Å². The van der Waals surface area contributed by atoms with E-state index in [2.05, 4.69) is 18.3 Å². The number of ether oxygens (including phenoxy) is 1. The molecule has 0 saturated carbocycles. The first kappa shape index (κ1) is 12.8. The molecule has 0 unspecified atom stereocenters. The van der Waals surface area contributed by atoms with Crippen LogP contribution in [0.4, 0.5) is 11.4 Å². The second kappa shape index (κ2) is 7.12. The Bertz CT molecular complexity index is 313. The normalized spacial score (nSPS) is 10.4. The molecule has 3 heteroatoms. The minimum Gasteiger partial charge on any atom is -0.397 e. The highest BCUT2D eigenvalue weighted by Crippen LogP contribution is 2.19. The lowest BCUT2D eigenvalue weighted by atomic mass is 10.2. The minimum absolute atomic E-state index is 0.822. The zero-order valence-electron chi connectivity index (χ0n) is 10.3. The van der Waals surface area contributed by atoms with Crippen LogP contribution in [0.1, 0.15) is 24.8 Å². The van der Waals surface area contributed by atoms with Gasteiger partial charge < -0.3 is 15.8 Å². The highest BCUT2D eigenvalue weighted by molar-refractivity contribution is 5.66. The second-order valence-corrected chi connectivity index (χ2v) is 4.07. The third kappa shape index (κ3) is 4.53. The van der Waals surface area contributed by atoms with E-state index >= 15 is 0 Å². The van der Waals surface area contributed by atoms with E-state index in [9.17, 15) is 0 Å². The number of nitrogens with one attached hydrogen (secondary N) is 1. The van der Waals surface area contributed by atoms with Crippen molar-refractivity contribution in [3.63, 3.8) is 0 Å². The molecular weight excluding hydrogens is 200 g/mol. The molecule has 3 nitrogen and oxygen atoms in total. The van der Waals surface area contributed by atoms with Crippen LogP contribution >= 0.6 is 0 Å². The van der Waals surface area contributed by atoms with E-state index < -0.39 is 0 Å². The molecule has 0 amide bonds. The number of hydrogen-bond donors (Lipinski definition) is 2. The van der Waals surface area contributed by atoms with Crippen molar-refractivity contribution in [2.24, 2.45) is 0 Å². The maximum Gasteiger partial charge on any atom is 0.0576 e. The average molecular weight is 222 g/mol. The predicted octanol–water partition coefficient (Wildman–Crippen LogP) is 2.81. The van der Waals surface area contributed by atoms with Crippen LogP contribution in [-0.4, -0.2) is 20.3 Å². The molecule has 1 rings (SSSR count).